The van der Waals surface area contributed by atoms with Crippen molar-refractivity contribution in [3.8, 4) is 0 Å². The van der Waals surface area contributed by atoms with Gasteiger partial charge in [-0.05, 0) is 69.9 Å². The standard InChI is InChI=1S/C33H46N8O3/c1-5-40-29(22-26(37-40)20-23(2)3)33(44)38-16-11-15-30(42)39-17-10-9-14-28(39)32(43)35-27(21-25-12-7-6-8-13-25)31-34-24(4)36-41(31)19-18-38/h6-8,12-13,22-23,27-28H,5,9-11,14-21H2,1-4H3,(H,35,43)/t27-,28+/m1/s1. The molecule has 1 N–H and O–H groups in total. The zero-order valence-electron chi connectivity index (χ0n) is 26.5. The van der Waals surface area contributed by atoms with Crippen LogP contribution in [0.3, 0.4) is 0 Å². The van der Waals surface area contributed by atoms with Crippen LogP contribution in [0.1, 0.15) is 92.3 Å². The zero-order chi connectivity index (χ0) is 31.2. The van der Waals surface area contributed by atoms with Gasteiger partial charge in [0.1, 0.15) is 23.4 Å². The molecule has 2 atom stereocenters. The average molecular weight is 603 g/mol. The average Bonchev–Trinajstić information content (AvgIpc) is 3.60. The first kappa shape index (κ1) is 31.4. The summed E-state index contributed by atoms with van der Waals surface area (Å²) in [5.74, 6) is 1.39. The van der Waals surface area contributed by atoms with Crippen molar-refractivity contribution in [1.29, 1.82) is 0 Å². The van der Waals surface area contributed by atoms with Gasteiger partial charge in [0.25, 0.3) is 5.91 Å². The SMILES string of the molecule is CCn1nc(CC(C)C)cc1C(=O)N1CCCC(=O)N2CCCC[C@H]2C(=O)N[C@H](Cc2ccccc2)c2nc(C)nn2CC1. The van der Waals surface area contributed by atoms with E-state index in [2.05, 4.69) is 19.2 Å². The second-order valence-electron chi connectivity index (χ2n) is 12.4. The van der Waals surface area contributed by atoms with Gasteiger partial charge in [-0.15, -0.1) is 0 Å². The molecular weight excluding hydrogens is 556 g/mol. The number of nitrogens with zero attached hydrogens (tertiary/aromatic N) is 7. The minimum atomic E-state index is -0.522. The van der Waals surface area contributed by atoms with Crippen molar-refractivity contribution >= 4 is 17.7 Å². The van der Waals surface area contributed by atoms with Crippen molar-refractivity contribution in [1.82, 2.24) is 39.7 Å². The molecule has 1 aromatic carbocycles. The first-order valence-electron chi connectivity index (χ1n) is 16.1. The van der Waals surface area contributed by atoms with E-state index in [0.717, 1.165) is 30.5 Å². The second kappa shape index (κ2) is 14.2. The summed E-state index contributed by atoms with van der Waals surface area (Å²) in [6.07, 6.45) is 4.52. The summed E-state index contributed by atoms with van der Waals surface area (Å²) in [5, 5.41) is 12.7. The Morgan fingerprint density at radius 2 is 1.82 bits per heavy atom. The van der Waals surface area contributed by atoms with Gasteiger partial charge in [-0.2, -0.15) is 10.2 Å². The third-order valence-corrected chi connectivity index (χ3v) is 8.50. The quantitative estimate of drug-likeness (QED) is 0.460. The Kier molecular flexibility index (Phi) is 10.1. The van der Waals surface area contributed by atoms with Crippen LogP contribution in [0.5, 0.6) is 0 Å². The number of hydrogen-bond donors (Lipinski definition) is 1. The molecule has 0 saturated carbocycles. The van der Waals surface area contributed by atoms with Gasteiger partial charge in [-0.3, -0.25) is 19.1 Å². The van der Waals surface area contributed by atoms with Crippen molar-refractivity contribution in [3.63, 3.8) is 0 Å². The maximum atomic E-state index is 14.1. The molecule has 5 rings (SSSR count). The highest BCUT2D eigenvalue weighted by molar-refractivity contribution is 5.93. The molecule has 3 aromatic rings. The maximum absolute atomic E-state index is 14.1. The molecule has 2 aromatic heterocycles. The molecule has 4 heterocycles. The molecule has 2 aliphatic rings. The summed E-state index contributed by atoms with van der Waals surface area (Å²) in [5.41, 5.74) is 2.53. The normalized spacial score (nSPS) is 20.2. The number of aromatic nitrogens is 5. The van der Waals surface area contributed by atoms with Crippen LogP contribution in [0.15, 0.2) is 36.4 Å². The summed E-state index contributed by atoms with van der Waals surface area (Å²) >= 11 is 0. The molecule has 0 unspecified atom stereocenters. The second-order valence-corrected chi connectivity index (χ2v) is 12.4. The van der Waals surface area contributed by atoms with E-state index in [0.29, 0.717) is 75.2 Å². The first-order valence-corrected chi connectivity index (χ1v) is 16.1. The van der Waals surface area contributed by atoms with E-state index in [1.807, 2.05) is 59.8 Å². The number of benzene rings is 1. The molecule has 0 aliphatic carbocycles. The van der Waals surface area contributed by atoms with Crippen LogP contribution in [-0.2, 0) is 35.5 Å². The number of carbonyl (C=O) groups excluding carboxylic acids is 3. The van der Waals surface area contributed by atoms with Gasteiger partial charge in [0.15, 0.2) is 0 Å². The number of piperidine rings is 1. The minimum absolute atomic E-state index is 0.0363. The molecule has 11 nitrogen and oxygen atoms in total. The molecule has 3 amide bonds. The van der Waals surface area contributed by atoms with Crippen molar-refractivity contribution in [2.45, 2.75) is 97.8 Å². The highest BCUT2D eigenvalue weighted by Crippen LogP contribution is 2.23. The van der Waals surface area contributed by atoms with Gasteiger partial charge >= 0.3 is 0 Å². The topological polar surface area (TPSA) is 118 Å². The van der Waals surface area contributed by atoms with Gasteiger partial charge in [-0.1, -0.05) is 44.2 Å². The molecule has 11 heteroatoms. The Hall–Kier alpha value is -4.02. The number of rotatable bonds is 6. The van der Waals surface area contributed by atoms with E-state index in [1.54, 1.807) is 9.58 Å². The van der Waals surface area contributed by atoms with Crippen LogP contribution in [-0.4, -0.2) is 77.7 Å². The van der Waals surface area contributed by atoms with Crippen LogP contribution in [0.25, 0.3) is 0 Å². The van der Waals surface area contributed by atoms with Crippen molar-refractivity contribution in [2.24, 2.45) is 5.92 Å². The number of amides is 3. The largest absolute Gasteiger partial charge is 0.344 e. The van der Waals surface area contributed by atoms with E-state index in [4.69, 9.17) is 15.2 Å². The Balaban J connectivity index is 1.49. The van der Waals surface area contributed by atoms with Crippen LogP contribution in [0.2, 0.25) is 0 Å². The number of aryl methyl sites for hydroxylation is 2. The van der Waals surface area contributed by atoms with Crippen molar-refractivity contribution in [2.75, 3.05) is 19.6 Å². The van der Waals surface area contributed by atoms with Crippen LogP contribution >= 0.6 is 0 Å². The predicted molar refractivity (Wildman–Crippen MR) is 167 cm³/mol. The Morgan fingerprint density at radius 3 is 2.57 bits per heavy atom. The molecule has 2 aliphatic heterocycles. The summed E-state index contributed by atoms with van der Waals surface area (Å²) in [6, 6.07) is 10.9. The first-order chi connectivity index (χ1) is 21.2. The Morgan fingerprint density at radius 1 is 1.02 bits per heavy atom. The Bertz CT molecular complexity index is 1450. The lowest BCUT2D eigenvalue weighted by molar-refractivity contribution is -0.142. The fourth-order valence-electron chi connectivity index (χ4n) is 6.38. The summed E-state index contributed by atoms with van der Waals surface area (Å²) in [6.45, 7) is 10.5. The van der Waals surface area contributed by atoms with E-state index in [-0.39, 0.29) is 24.1 Å². The molecule has 44 heavy (non-hydrogen) atoms. The minimum Gasteiger partial charge on any atom is -0.344 e. The van der Waals surface area contributed by atoms with Crippen LogP contribution < -0.4 is 5.32 Å². The fraction of sp³-hybridized carbons (Fsp3) is 0.576. The van der Waals surface area contributed by atoms with Crippen molar-refractivity contribution in [3.05, 3.63) is 65.0 Å². The zero-order valence-corrected chi connectivity index (χ0v) is 26.5. The lowest BCUT2D eigenvalue weighted by atomic mass is 9.99. The van der Waals surface area contributed by atoms with Gasteiger partial charge in [0.05, 0.1) is 18.3 Å². The third-order valence-electron chi connectivity index (χ3n) is 8.50. The van der Waals surface area contributed by atoms with E-state index < -0.39 is 12.1 Å². The highest BCUT2D eigenvalue weighted by Gasteiger charge is 2.34. The lowest BCUT2D eigenvalue weighted by Gasteiger charge is -2.36. The summed E-state index contributed by atoms with van der Waals surface area (Å²) in [7, 11) is 0. The smallest absolute Gasteiger partial charge is 0.272 e. The number of fused-ring (bicyclic) bond motifs is 2. The molecule has 1 fully saturated rings. The summed E-state index contributed by atoms with van der Waals surface area (Å²) in [4.78, 5) is 49.7. The van der Waals surface area contributed by atoms with Gasteiger partial charge in [0.2, 0.25) is 11.8 Å². The van der Waals surface area contributed by atoms with Crippen molar-refractivity contribution < 1.29 is 14.4 Å². The number of carbonyl (C=O) groups is 3. The monoisotopic (exact) mass is 602 g/mol. The van der Waals surface area contributed by atoms with Crippen LogP contribution in [0, 0.1) is 12.8 Å². The Labute approximate surface area is 260 Å². The maximum Gasteiger partial charge on any atom is 0.272 e. The molecule has 0 spiro atoms. The van der Waals surface area contributed by atoms with Gasteiger partial charge in [0, 0.05) is 32.6 Å². The molecule has 236 valence electrons. The molecule has 0 radical (unpaired) electrons. The van der Waals surface area contributed by atoms with Gasteiger partial charge < -0.3 is 15.1 Å². The predicted octanol–water partition coefficient (Wildman–Crippen LogP) is 3.72. The van der Waals surface area contributed by atoms with E-state index in [9.17, 15) is 14.4 Å². The van der Waals surface area contributed by atoms with Crippen LogP contribution in [0.4, 0.5) is 0 Å². The van der Waals surface area contributed by atoms with E-state index >= 15 is 0 Å². The van der Waals surface area contributed by atoms with Gasteiger partial charge in [-0.25, -0.2) is 9.67 Å². The fourth-order valence-corrected chi connectivity index (χ4v) is 6.38. The number of hydrogen-bond acceptors (Lipinski definition) is 6. The highest BCUT2D eigenvalue weighted by atomic mass is 16.2. The summed E-state index contributed by atoms with van der Waals surface area (Å²) < 4.78 is 3.62. The number of nitrogens with one attached hydrogen (secondary N) is 1. The molecular formula is C33H46N8O3. The van der Waals surface area contributed by atoms with E-state index in [1.165, 1.54) is 0 Å². The lowest BCUT2D eigenvalue weighted by Crippen LogP contribution is -2.53. The third kappa shape index (κ3) is 7.36. The molecule has 1 saturated heterocycles. The molecule has 0 bridgehead atoms.